The number of benzene rings is 2. The Labute approximate surface area is 130 Å². The largest absolute Gasteiger partial charge is 0.493 e. The first-order chi connectivity index (χ1) is 10.1. The molecule has 3 rings (SSSR count). The van der Waals surface area contributed by atoms with Crippen LogP contribution in [0.4, 0.5) is 0 Å². The van der Waals surface area contributed by atoms with Crippen molar-refractivity contribution in [3.63, 3.8) is 0 Å². The highest BCUT2D eigenvalue weighted by atomic mass is 35.5. The van der Waals surface area contributed by atoms with Crippen LogP contribution in [-0.4, -0.2) is 12.6 Å². The summed E-state index contributed by atoms with van der Waals surface area (Å²) in [6.45, 7) is 2.68. The smallest absolute Gasteiger partial charge is 0.124 e. The van der Waals surface area contributed by atoms with Gasteiger partial charge in [0.2, 0.25) is 0 Å². The molecule has 2 aromatic carbocycles. The van der Waals surface area contributed by atoms with E-state index < -0.39 is 0 Å². The molecule has 1 aliphatic rings. The van der Waals surface area contributed by atoms with Crippen LogP contribution in [0.3, 0.4) is 0 Å². The molecule has 0 saturated heterocycles. The minimum Gasteiger partial charge on any atom is -0.493 e. The Kier molecular flexibility index (Phi) is 4.18. The number of hydrogen-bond acceptors (Lipinski definition) is 2. The number of ether oxygens (including phenoxy) is 1. The maximum absolute atomic E-state index is 6.28. The summed E-state index contributed by atoms with van der Waals surface area (Å²) in [7, 11) is 0. The lowest BCUT2D eigenvalue weighted by molar-refractivity contribution is 0.272. The van der Waals surface area contributed by atoms with Gasteiger partial charge < -0.3 is 10.5 Å². The molecule has 0 spiro atoms. The summed E-state index contributed by atoms with van der Waals surface area (Å²) in [4.78, 5) is 0. The van der Waals surface area contributed by atoms with E-state index in [4.69, 9.17) is 22.1 Å². The number of hydrogen-bond donors (Lipinski definition) is 1. The molecule has 21 heavy (non-hydrogen) atoms. The summed E-state index contributed by atoms with van der Waals surface area (Å²) in [6.07, 6.45) is 1.83. The molecule has 2 atom stereocenters. The molecule has 0 amide bonds. The van der Waals surface area contributed by atoms with Crippen molar-refractivity contribution in [3.8, 4) is 5.75 Å². The maximum atomic E-state index is 6.28. The molecule has 0 bridgehead atoms. The third kappa shape index (κ3) is 3.07. The Morgan fingerprint density at radius 3 is 2.81 bits per heavy atom. The van der Waals surface area contributed by atoms with E-state index in [1.807, 2.05) is 25.1 Å². The van der Waals surface area contributed by atoms with E-state index in [0.717, 1.165) is 29.2 Å². The van der Waals surface area contributed by atoms with Gasteiger partial charge >= 0.3 is 0 Å². The maximum Gasteiger partial charge on any atom is 0.124 e. The van der Waals surface area contributed by atoms with E-state index in [0.29, 0.717) is 12.5 Å². The summed E-state index contributed by atoms with van der Waals surface area (Å²) in [5.74, 6) is 1.35. The van der Waals surface area contributed by atoms with Crippen LogP contribution >= 0.6 is 11.6 Å². The normalized spacial score (nSPS) is 17.8. The van der Waals surface area contributed by atoms with Crippen LogP contribution in [0.5, 0.6) is 5.75 Å². The van der Waals surface area contributed by atoms with E-state index in [-0.39, 0.29) is 6.04 Å². The number of halogens is 1. The zero-order valence-corrected chi connectivity index (χ0v) is 12.9. The van der Waals surface area contributed by atoms with Gasteiger partial charge in [0.1, 0.15) is 5.75 Å². The zero-order valence-electron chi connectivity index (χ0n) is 12.2. The fourth-order valence-electron chi connectivity index (χ4n) is 2.90. The molecular formula is C18H20ClNO. The van der Waals surface area contributed by atoms with Crippen molar-refractivity contribution >= 4 is 11.6 Å². The highest BCUT2D eigenvalue weighted by Gasteiger charge is 2.26. The fourth-order valence-corrected chi connectivity index (χ4v) is 3.14. The van der Waals surface area contributed by atoms with E-state index in [1.54, 1.807) is 0 Å². The number of fused-ring (bicyclic) bond motifs is 1. The molecule has 2 aromatic rings. The highest BCUT2D eigenvalue weighted by molar-refractivity contribution is 6.31. The average Bonchev–Trinajstić information content (AvgIpc) is 2.43. The van der Waals surface area contributed by atoms with Gasteiger partial charge in [0.25, 0.3) is 0 Å². The molecule has 0 aliphatic heterocycles. The number of nitrogens with two attached hydrogens (primary N) is 1. The van der Waals surface area contributed by atoms with Crippen molar-refractivity contribution in [1.29, 1.82) is 0 Å². The van der Waals surface area contributed by atoms with Crippen LogP contribution in [0.1, 0.15) is 29.5 Å². The fraction of sp³-hybridized carbons (Fsp3) is 0.333. The predicted octanol–water partition coefficient (Wildman–Crippen LogP) is 3.95. The molecule has 0 saturated carbocycles. The second kappa shape index (κ2) is 6.08. The molecule has 2 N–H and O–H groups in total. The van der Waals surface area contributed by atoms with E-state index in [1.165, 1.54) is 11.1 Å². The van der Waals surface area contributed by atoms with Crippen LogP contribution in [0, 0.1) is 0 Å². The van der Waals surface area contributed by atoms with Crippen molar-refractivity contribution < 1.29 is 4.74 Å². The third-order valence-corrected chi connectivity index (χ3v) is 4.36. The first-order valence-electron chi connectivity index (χ1n) is 7.38. The summed E-state index contributed by atoms with van der Waals surface area (Å²) in [5.41, 5.74) is 9.77. The molecule has 0 heterocycles. The lowest BCUT2D eigenvalue weighted by Gasteiger charge is -2.30. The quantitative estimate of drug-likeness (QED) is 0.907. The van der Waals surface area contributed by atoms with Crippen molar-refractivity contribution in [2.45, 2.75) is 31.7 Å². The average molecular weight is 302 g/mol. The first-order valence-corrected chi connectivity index (χ1v) is 7.76. The number of rotatable bonds is 5. The Morgan fingerprint density at radius 1 is 1.24 bits per heavy atom. The summed E-state index contributed by atoms with van der Waals surface area (Å²) < 4.78 is 6.04. The van der Waals surface area contributed by atoms with Gasteiger partial charge in [-0.25, -0.2) is 0 Å². The highest BCUT2D eigenvalue weighted by Crippen LogP contribution is 2.36. The molecule has 2 nitrogen and oxygen atoms in total. The van der Waals surface area contributed by atoms with Gasteiger partial charge in [-0.05, 0) is 43.0 Å². The Hall–Kier alpha value is -1.51. The third-order valence-electron chi connectivity index (χ3n) is 4.00. The van der Waals surface area contributed by atoms with Crippen LogP contribution in [0.25, 0.3) is 0 Å². The lowest BCUT2D eigenvalue weighted by Crippen LogP contribution is -2.24. The van der Waals surface area contributed by atoms with Crippen LogP contribution in [0.15, 0.2) is 42.5 Å². The minimum absolute atomic E-state index is 0.0664. The summed E-state index contributed by atoms with van der Waals surface area (Å²) in [6, 6.07) is 14.4. The van der Waals surface area contributed by atoms with Crippen LogP contribution in [0.2, 0.25) is 5.02 Å². The second-order valence-electron chi connectivity index (χ2n) is 5.81. The standard InChI is InChI=1S/C18H20ClNO/c1-12(20)9-16-17(19)7-4-8-18(16)21-11-14-10-13-5-2-3-6-15(13)14/h2-8,12,14H,9-11,20H2,1H3. The summed E-state index contributed by atoms with van der Waals surface area (Å²) >= 11 is 6.28. The van der Waals surface area contributed by atoms with Crippen LogP contribution in [-0.2, 0) is 12.8 Å². The van der Waals surface area contributed by atoms with Gasteiger partial charge in [-0.3, -0.25) is 0 Å². The Balaban J connectivity index is 1.70. The predicted molar refractivity (Wildman–Crippen MR) is 87.2 cm³/mol. The second-order valence-corrected chi connectivity index (χ2v) is 6.22. The minimum atomic E-state index is 0.0664. The topological polar surface area (TPSA) is 35.2 Å². The Morgan fingerprint density at radius 2 is 2.05 bits per heavy atom. The lowest BCUT2D eigenvalue weighted by atomic mass is 9.78. The molecule has 0 radical (unpaired) electrons. The van der Waals surface area contributed by atoms with Crippen LogP contribution < -0.4 is 10.5 Å². The first kappa shape index (κ1) is 14.4. The Bertz CT molecular complexity index is 639. The van der Waals surface area contributed by atoms with Gasteiger partial charge in [-0.2, -0.15) is 0 Å². The molecule has 110 valence electrons. The van der Waals surface area contributed by atoms with Crippen molar-refractivity contribution in [3.05, 3.63) is 64.2 Å². The summed E-state index contributed by atoms with van der Waals surface area (Å²) in [5, 5.41) is 0.735. The molecule has 0 aromatic heterocycles. The van der Waals surface area contributed by atoms with E-state index in [2.05, 4.69) is 24.3 Å². The van der Waals surface area contributed by atoms with Crippen molar-refractivity contribution in [1.82, 2.24) is 0 Å². The van der Waals surface area contributed by atoms with Gasteiger partial charge in [-0.15, -0.1) is 0 Å². The SMILES string of the molecule is CC(N)Cc1c(Cl)cccc1OCC1Cc2ccccc21. The molecule has 2 unspecified atom stereocenters. The monoisotopic (exact) mass is 301 g/mol. The molecule has 3 heteroatoms. The van der Waals surface area contributed by atoms with Crippen molar-refractivity contribution in [2.24, 2.45) is 5.73 Å². The van der Waals surface area contributed by atoms with Crippen molar-refractivity contribution in [2.75, 3.05) is 6.61 Å². The van der Waals surface area contributed by atoms with Gasteiger partial charge in [0.15, 0.2) is 0 Å². The van der Waals surface area contributed by atoms with Gasteiger partial charge in [0.05, 0.1) is 6.61 Å². The zero-order chi connectivity index (χ0) is 14.8. The van der Waals surface area contributed by atoms with E-state index in [9.17, 15) is 0 Å². The molecular weight excluding hydrogens is 282 g/mol. The van der Waals surface area contributed by atoms with E-state index >= 15 is 0 Å². The molecule has 0 fully saturated rings. The molecule has 1 aliphatic carbocycles. The van der Waals surface area contributed by atoms with Gasteiger partial charge in [0, 0.05) is 22.5 Å². The van der Waals surface area contributed by atoms with Gasteiger partial charge in [-0.1, -0.05) is 41.9 Å².